The predicted octanol–water partition coefficient (Wildman–Crippen LogP) is 2.60. The second kappa shape index (κ2) is 5.30. The summed E-state index contributed by atoms with van der Waals surface area (Å²) in [5.74, 6) is 0.993. The molecule has 0 aliphatic carbocycles. The zero-order valence-corrected chi connectivity index (χ0v) is 12.0. The van der Waals surface area contributed by atoms with E-state index in [0.717, 1.165) is 29.8 Å². The molecule has 19 heavy (non-hydrogen) atoms. The van der Waals surface area contributed by atoms with Crippen molar-refractivity contribution in [3.63, 3.8) is 0 Å². The lowest BCUT2D eigenvalue weighted by atomic mass is 10.1. The summed E-state index contributed by atoms with van der Waals surface area (Å²) in [6, 6.07) is 4.26. The molecule has 0 bridgehead atoms. The zero-order chi connectivity index (χ0) is 14.0. The summed E-state index contributed by atoms with van der Waals surface area (Å²) >= 11 is 0. The highest BCUT2D eigenvalue weighted by Crippen LogP contribution is 2.23. The fourth-order valence-electron chi connectivity index (χ4n) is 2.31. The van der Waals surface area contributed by atoms with Crippen molar-refractivity contribution in [3.05, 3.63) is 28.8 Å². The van der Waals surface area contributed by atoms with Gasteiger partial charge in [-0.1, -0.05) is 24.6 Å². The van der Waals surface area contributed by atoms with Crippen molar-refractivity contribution in [1.29, 1.82) is 0 Å². The Morgan fingerprint density at radius 3 is 2.42 bits per heavy atom. The minimum Gasteiger partial charge on any atom is -0.368 e. The molecule has 0 amide bonds. The fourth-order valence-corrected chi connectivity index (χ4v) is 2.31. The molecule has 102 valence electrons. The Hall–Kier alpha value is -2.04. The van der Waals surface area contributed by atoms with Crippen LogP contribution in [0.15, 0.2) is 12.1 Å². The second-order valence-electron chi connectivity index (χ2n) is 4.88. The molecule has 5 nitrogen and oxygen atoms in total. The van der Waals surface area contributed by atoms with E-state index in [1.165, 1.54) is 5.56 Å². The summed E-state index contributed by atoms with van der Waals surface area (Å²) in [6.07, 6.45) is 1.02. The molecule has 0 aliphatic heterocycles. The van der Waals surface area contributed by atoms with Crippen LogP contribution >= 0.6 is 0 Å². The molecule has 1 heterocycles. The van der Waals surface area contributed by atoms with Crippen LogP contribution in [0.25, 0.3) is 5.69 Å². The van der Waals surface area contributed by atoms with Crippen molar-refractivity contribution in [2.75, 3.05) is 17.6 Å². The smallest absolute Gasteiger partial charge is 0.244 e. The van der Waals surface area contributed by atoms with Gasteiger partial charge < -0.3 is 11.1 Å². The zero-order valence-electron chi connectivity index (χ0n) is 12.0. The molecular formula is C14H21N5. The van der Waals surface area contributed by atoms with E-state index in [0.29, 0.717) is 11.9 Å². The molecule has 1 aromatic carbocycles. The third-order valence-corrected chi connectivity index (χ3v) is 3.01. The van der Waals surface area contributed by atoms with E-state index in [1.54, 1.807) is 4.68 Å². The lowest BCUT2D eigenvalue weighted by Crippen LogP contribution is -2.07. The van der Waals surface area contributed by atoms with Crippen LogP contribution in [0.4, 0.5) is 11.9 Å². The number of aryl methyl sites for hydroxylation is 3. The number of nitrogens with two attached hydrogens (primary N) is 1. The van der Waals surface area contributed by atoms with Gasteiger partial charge in [0.2, 0.25) is 11.9 Å². The van der Waals surface area contributed by atoms with E-state index < -0.39 is 0 Å². The number of rotatable bonds is 4. The van der Waals surface area contributed by atoms with Crippen LogP contribution in [-0.4, -0.2) is 21.3 Å². The van der Waals surface area contributed by atoms with Crippen LogP contribution in [0.3, 0.4) is 0 Å². The first-order valence-corrected chi connectivity index (χ1v) is 6.57. The molecule has 3 N–H and O–H groups in total. The predicted molar refractivity (Wildman–Crippen MR) is 78.8 cm³/mol. The Bertz CT molecular complexity index is 563. The van der Waals surface area contributed by atoms with Gasteiger partial charge in [0.25, 0.3) is 0 Å². The highest BCUT2D eigenvalue weighted by molar-refractivity contribution is 5.52. The Morgan fingerprint density at radius 1 is 1.21 bits per heavy atom. The van der Waals surface area contributed by atoms with E-state index in [-0.39, 0.29) is 0 Å². The number of nitrogens with zero attached hydrogens (tertiary/aromatic N) is 3. The van der Waals surface area contributed by atoms with Gasteiger partial charge >= 0.3 is 0 Å². The molecule has 0 atom stereocenters. The number of nitrogens with one attached hydrogen (secondary N) is 1. The van der Waals surface area contributed by atoms with Crippen LogP contribution in [-0.2, 0) is 0 Å². The molecule has 0 saturated heterocycles. The van der Waals surface area contributed by atoms with Crippen molar-refractivity contribution in [2.24, 2.45) is 0 Å². The van der Waals surface area contributed by atoms with E-state index in [1.807, 2.05) is 0 Å². The molecule has 0 saturated carbocycles. The first kappa shape index (κ1) is 13.4. The van der Waals surface area contributed by atoms with Crippen molar-refractivity contribution in [1.82, 2.24) is 14.8 Å². The normalized spacial score (nSPS) is 10.7. The van der Waals surface area contributed by atoms with Crippen LogP contribution < -0.4 is 11.1 Å². The minimum absolute atomic E-state index is 0.411. The minimum atomic E-state index is 0.411. The number of aromatic nitrogens is 3. The van der Waals surface area contributed by atoms with Crippen LogP contribution in [0.1, 0.15) is 30.0 Å². The molecule has 0 unspecified atom stereocenters. The van der Waals surface area contributed by atoms with Crippen molar-refractivity contribution in [2.45, 2.75) is 34.1 Å². The van der Waals surface area contributed by atoms with Crippen molar-refractivity contribution >= 4 is 11.9 Å². The van der Waals surface area contributed by atoms with Crippen LogP contribution in [0, 0.1) is 20.8 Å². The monoisotopic (exact) mass is 259 g/mol. The van der Waals surface area contributed by atoms with Crippen molar-refractivity contribution < 1.29 is 0 Å². The van der Waals surface area contributed by atoms with E-state index in [4.69, 9.17) is 5.73 Å². The molecule has 0 fully saturated rings. The molecule has 0 spiro atoms. The molecular weight excluding hydrogens is 238 g/mol. The number of anilines is 2. The Balaban J connectivity index is 2.44. The van der Waals surface area contributed by atoms with E-state index in [2.05, 4.69) is 55.2 Å². The summed E-state index contributed by atoms with van der Waals surface area (Å²) in [5, 5.41) is 7.59. The standard InChI is InChI=1S/C14H21N5/c1-5-6-16-14-17-13(15)19(18-14)12-10(3)7-9(2)8-11(12)4/h7-8H,5-6H2,1-4H3,(H3,15,16,17,18). The summed E-state index contributed by atoms with van der Waals surface area (Å²) in [4.78, 5) is 4.25. The molecule has 2 aromatic rings. The topological polar surface area (TPSA) is 68.8 Å². The van der Waals surface area contributed by atoms with Gasteiger partial charge in [-0.2, -0.15) is 9.67 Å². The van der Waals surface area contributed by atoms with Crippen molar-refractivity contribution in [3.8, 4) is 5.69 Å². The first-order chi connectivity index (χ1) is 9.02. The van der Waals surface area contributed by atoms with Gasteiger partial charge in [-0.25, -0.2) is 0 Å². The second-order valence-corrected chi connectivity index (χ2v) is 4.88. The van der Waals surface area contributed by atoms with Crippen LogP contribution in [0.5, 0.6) is 0 Å². The van der Waals surface area contributed by atoms with Gasteiger partial charge in [0, 0.05) is 6.54 Å². The maximum absolute atomic E-state index is 5.97. The van der Waals surface area contributed by atoms with Crippen LogP contribution in [0.2, 0.25) is 0 Å². The van der Waals surface area contributed by atoms with Gasteiger partial charge in [0.15, 0.2) is 0 Å². The summed E-state index contributed by atoms with van der Waals surface area (Å²) in [5.41, 5.74) is 10.5. The molecule has 1 aromatic heterocycles. The average Bonchev–Trinajstić information content (AvgIpc) is 2.67. The highest BCUT2D eigenvalue weighted by Gasteiger charge is 2.13. The Kier molecular flexibility index (Phi) is 3.74. The third kappa shape index (κ3) is 2.70. The Morgan fingerprint density at radius 2 is 1.84 bits per heavy atom. The van der Waals surface area contributed by atoms with Gasteiger partial charge in [-0.05, 0) is 38.3 Å². The maximum Gasteiger partial charge on any atom is 0.244 e. The maximum atomic E-state index is 5.97. The highest BCUT2D eigenvalue weighted by atomic mass is 15.4. The van der Waals surface area contributed by atoms with Gasteiger partial charge in [0.05, 0.1) is 5.69 Å². The SMILES string of the molecule is CCCNc1nc(N)n(-c2c(C)cc(C)cc2C)n1. The lowest BCUT2D eigenvalue weighted by molar-refractivity contribution is 0.866. The van der Waals surface area contributed by atoms with Gasteiger partial charge in [-0.15, -0.1) is 5.10 Å². The molecule has 2 rings (SSSR count). The van der Waals surface area contributed by atoms with Gasteiger partial charge in [0.1, 0.15) is 0 Å². The average molecular weight is 259 g/mol. The summed E-state index contributed by atoms with van der Waals surface area (Å²) in [6.45, 7) is 9.16. The molecule has 0 radical (unpaired) electrons. The van der Waals surface area contributed by atoms with E-state index in [9.17, 15) is 0 Å². The number of hydrogen-bond acceptors (Lipinski definition) is 4. The summed E-state index contributed by atoms with van der Waals surface area (Å²) in [7, 11) is 0. The molecule has 0 aliphatic rings. The first-order valence-electron chi connectivity index (χ1n) is 6.57. The number of nitrogen functional groups attached to an aromatic ring is 1. The Labute approximate surface area is 113 Å². The lowest BCUT2D eigenvalue weighted by Gasteiger charge is -2.11. The quantitative estimate of drug-likeness (QED) is 0.885. The van der Waals surface area contributed by atoms with Gasteiger partial charge in [-0.3, -0.25) is 0 Å². The largest absolute Gasteiger partial charge is 0.368 e. The van der Waals surface area contributed by atoms with E-state index >= 15 is 0 Å². The summed E-state index contributed by atoms with van der Waals surface area (Å²) < 4.78 is 1.71. The number of benzene rings is 1. The fraction of sp³-hybridized carbons (Fsp3) is 0.429. The number of hydrogen-bond donors (Lipinski definition) is 2. The molecule has 5 heteroatoms. The third-order valence-electron chi connectivity index (χ3n) is 3.01.